The number of aromatic nitrogens is 3. The summed E-state index contributed by atoms with van der Waals surface area (Å²) >= 11 is 0. The summed E-state index contributed by atoms with van der Waals surface area (Å²) in [5.74, 6) is 0. The molecular weight excluding hydrogens is 240 g/mol. The molecule has 2 aromatic rings. The second-order valence-corrected chi connectivity index (χ2v) is 4.46. The van der Waals surface area contributed by atoms with Crippen molar-refractivity contribution in [3.8, 4) is 0 Å². The normalized spacial score (nSPS) is 10.6. The van der Waals surface area contributed by atoms with Gasteiger partial charge in [0, 0.05) is 37.4 Å². The monoisotopic (exact) mass is 260 g/mol. The lowest BCUT2D eigenvalue weighted by atomic mass is 10.3. The Hall–Kier alpha value is -2.04. The molecule has 2 aromatic heterocycles. The molecule has 0 saturated heterocycles. The Morgan fingerprint density at radius 2 is 2.05 bits per heavy atom. The molecule has 0 radical (unpaired) electrons. The van der Waals surface area contributed by atoms with Gasteiger partial charge in [0.1, 0.15) is 0 Å². The van der Waals surface area contributed by atoms with Gasteiger partial charge in [0.25, 0.3) is 0 Å². The third-order valence-corrected chi connectivity index (χ3v) is 2.99. The third-order valence-electron chi connectivity index (χ3n) is 2.99. The predicted octanol–water partition coefficient (Wildman–Crippen LogP) is 1.93. The van der Waals surface area contributed by atoms with Gasteiger partial charge in [0.2, 0.25) is 0 Å². The van der Waals surface area contributed by atoms with Crippen LogP contribution in [-0.4, -0.2) is 20.7 Å². The van der Waals surface area contributed by atoms with Gasteiger partial charge in [-0.2, -0.15) is 0 Å². The summed E-state index contributed by atoms with van der Waals surface area (Å²) in [6, 6.07) is 3.94. The van der Waals surface area contributed by atoms with Crippen molar-refractivity contribution in [2.75, 3.05) is 11.9 Å². The number of anilines is 1. The number of hydrogen-bond acceptors (Lipinski definition) is 3. The van der Waals surface area contributed by atoms with Crippen molar-refractivity contribution in [3.63, 3.8) is 0 Å². The van der Waals surface area contributed by atoms with E-state index in [-0.39, 0.29) is 5.69 Å². The highest BCUT2D eigenvalue weighted by molar-refractivity contribution is 5.43. The van der Waals surface area contributed by atoms with Gasteiger partial charge in [-0.3, -0.25) is 14.1 Å². The quantitative estimate of drug-likeness (QED) is 0.863. The zero-order valence-electron chi connectivity index (χ0n) is 11.5. The molecule has 0 bridgehead atoms. The molecule has 102 valence electrons. The summed E-state index contributed by atoms with van der Waals surface area (Å²) in [7, 11) is 0. The minimum atomic E-state index is 0.0104. The van der Waals surface area contributed by atoms with E-state index in [0.717, 1.165) is 24.3 Å². The number of pyridine rings is 1. The highest BCUT2D eigenvalue weighted by Crippen LogP contribution is 2.08. The second-order valence-electron chi connectivity index (χ2n) is 4.46. The fraction of sp³-hybridized carbons (Fsp3) is 0.429. The van der Waals surface area contributed by atoms with Gasteiger partial charge in [0.05, 0.1) is 12.2 Å². The molecule has 2 rings (SSSR count). The Bertz CT molecular complexity index is 585. The molecule has 0 aliphatic carbocycles. The van der Waals surface area contributed by atoms with Gasteiger partial charge < -0.3 is 5.32 Å². The van der Waals surface area contributed by atoms with Crippen molar-refractivity contribution >= 4 is 5.69 Å². The average molecular weight is 260 g/mol. The molecule has 0 unspecified atom stereocenters. The molecule has 1 N–H and O–H groups in total. The van der Waals surface area contributed by atoms with E-state index in [0.29, 0.717) is 13.1 Å². The molecule has 0 fully saturated rings. The number of imidazole rings is 1. The molecule has 5 heteroatoms. The molecule has 0 saturated carbocycles. The maximum atomic E-state index is 11.9. The van der Waals surface area contributed by atoms with Crippen LogP contribution in [0.25, 0.3) is 0 Å². The lowest BCUT2D eigenvalue weighted by molar-refractivity contribution is 0.662. The molecule has 2 heterocycles. The van der Waals surface area contributed by atoms with Crippen LogP contribution in [0.5, 0.6) is 0 Å². The first kappa shape index (κ1) is 13.4. The Kier molecular flexibility index (Phi) is 4.39. The van der Waals surface area contributed by atoms with Gasteiger partial charge in [-0.15, -0.1) is 0 Å². The second kappa shape index (κ2) is 6.22. The van der Waals surface area contributed by atoms with Gasteiger partial charge in [0.15, 0.2) is 0 Å². The molecule has 0 spiro atoms. The highest BCUT2D eigenvalue weighted by atomic mass is 16.1. The standard InChI is InChI=1S/C14H20N4O/c1-3-6-15-12-5-7-16-13(10-12)11-18-9-8-17(4-2)14(18)19/h5,7-10H,3-4,6,11H2,1-2H3,(H,15,16). The van der Waals surface area contributed by atoms with Crippen LogP contribution in [0.3, 0.4) is 0 Å². The summed E-state index contributed by atoms with van der Waals surface area (Å²) in [5.41, 5.74) is 1.95. The van der Waals surface area contributed by atoms with Crippen molar-refractivity contribution in [2.24, 2.45) is 0 Å². The van der Waals surface area contributed by atoms with Crippen molar-refractivity contribution in [1.29, 1.82) is 0 Å². The van der Waals surface area contributed by atoms with Crippen LogP contribution in [-0.2, 0) is 13.1 Å². The van der Waals surface area contributed by atoms with E-state index in [1.807, 2.05) is 25.3 Å². The van der Waals surface area contributed by atoms with Crippen molar-refractivity contribution < 1.29 is 0 Å². The Labute approximate surface area is 112 Å². The summed E-state index contributed by atoms with van der Waals surface area (Å²) < 4.78 is 3.36. The van der Waals surface area contributed by atoms with E-state index in [4.69, 9.17) is 0 Å². The fourth-order valence-corrected chi connectivity index (χ4v) is 1.93. The number of nitrogens with one attached hydrogen (secondary N) is 1. The van der Waals surface area contributed by atoms with E-state index < -0.39 is 0 Å². The van der Waals surface area contributed by atoms with Crippen LogP contribution in [0.15, 0.2) is 35.5 Å². The largest absolute Gasteiger partial charge is 0.385 e. The number of aryl methyl sites for hydroxylation is 1. The lowest BCUT2D eigenvalue weighted by Gasteiger charge is -2.07. The highest BCUT2D eigenvalue weighted by Gasteiger charge is 2.04. The van der Waals surface area contributed by atoms with Gasteiger partial charge in [-0.1, -0.05) is 6.92 Å². The smallest absolute Gasteiger partial charge is 0.328 e. The Balaban J connectivity index is 2.14. The first-order valence-corrected chi connectivity index (χ1v) is 6.69. The third kappa shape index (κ3) is 3.24. The van der Waals surface area contributed by atoms with E-state index >= 15 is 0 Å². The van der Waals surface area contributed by atoms with E-state index in [2.05, 4.69) is 17.2 Å². The molecule has 19 heavy (non-hydrogen) atoms. The van der Waals surface area contributed by atoms with Gasteiger partial charge >= 0.3 is 5.69 Å². The molecule has 0 aliphatic heterocycles. The Morgan fingerprint density at radius 3 is 2.74 bits per heavy atom. The van der Waals surface area contributed by atoms with E-state index in [1.165, 1.54) is 0 Å². The van der Waals surface area contributed by atoms with Crippen LogP contribution in [0.1, 0.15) is 26.0 Å². The zero-order chi connectivity index (χ0) is 13.7. The van der Waals surface area contributed by atoms with Crippen molar-refractivity contribution in [1.82, 2.24) is 14.1 Å². The first-order chi connectivity index (χ1) is 9.24. The van der Waals surface area contributed by atoms with Crippen LogP contribution in [0.4, 0.5) is 5.69 Å². The van der Waals surface area contributed by atoms with E-state index in [9.17, 15) is 4.79 Å². The number of hydrogen-bond donors (Lipinski definition) is 1. The minimum Gasteiger partial charge on any atom is -0.385 e. The molecular formula is C14H20N4O. The SMILES string of the molecule is CCCNc1ccnc(Cn2ccn(CC)c2=O)c1. The molecule has 0 amide bonds. The topological polar surface area (TPSA) is 51.9 Å². The molecule has 5 nitrogen and oxygen atoms in total. The van der Waals surface area contributed by atoms with Crippen LogP contribution >= 0.6 is 0 Å². The maximum Gasteiger partial charge on any atom is 0.328 e. The maximum absolute atomic E-state index is 11.9. The van der Waals surface area contributed by atoms with Crippen LogP contribution in [0, 0.1) is 0 Å². The summed E-state index contributed by atoms with van der Waals surface area (Å²) in [6.07, 6.45) is 6.47. The lowest BCUT2D eigenvalue weighted by Crippen LogP contribution is -2.24. The molecule has 0 atom stereocenters. The Morgan fingerprint density at radius 1 is 1.26 bits per heavy atom. The first-order valence-electron chi connectivity index (χ1n) is 6.69. The van der Waals surface area contributed by atoms with Gasteiger partial charge in [-0.25, -0.2) is 4.79 Å². The summed E-state index contributed by atoms with van der Waals surface area (Å²) in [6.45, 7) is 6.22. The number of nitrogens with zero attached hydrogens (tertiary/aromatic N) is 3. The van der Waals surface area contributed by atoms with Crippen LogP contribution in [0.2, 0.25) is 0 Å². The molecule has 0 aromatic carbocycles. The van der Waals surface area contributed by atoms with E-state index in [1.54, 1.807) is 21.5 Å². The predicted molar refractivity (Wildman–Crippen MR) is 76.5 cm³/mol. The average Bonchev–Trinajstić information content (AvgIpc) is 2.78. The van der Waals surface area contributed by atoms with Crippen molar-refractivity contribution in [3.05, 3.63) is 46.9 Å². The van der Waals surface area contributed by atoms with Crippen LogP contribution < -0.4 is 11.0 Å². The number of rotatable bonds is 6. The van der Waals surface area contributed by atoms with Crippen molar-refractivity contribution in [2.45, 2.75) is 33.4 Å². The fourth-order valence-electron chi connectivity index (χ4n) is 1.93. The summed E-state index contributed by atoms with van der Waals surface area (Å²) in [4.78, 5) is 16.3. The zero-order valence-corrected chi connectivity index (χ0v) is 11.5. The molecule has 0 aliphatic rings. The summed E-state index contributed by atoms with van der Waals surface area (Å²) in [5, 5.41) is 3.32. The van der Waals surface area contributed by atoms with Gasteiger partial charge in [-0.05, 0) is 25.5 Å². The minimum absolute atomic E-state index is 0.0104.